The van der Waals surface area contributed by atoms with Crippen molar-refractivity contribution in [2.45, 2.75) is 26.0 Å². The van der Waals surface area contributed by atoms with Crippen molar-refractivity contribution in [3.63, 3.8) is 0 Å². The summed E-state index contributed by atoms with van der Waals surface area (Å²) in [5, 5.41) is 8.58. The molecule has 1 aromatic heterocycles. The number of hydrogen-bond donors (Lipinski definition) is 1. The fourth-order valence-corrected chi connectivity index (χ4v) is 2.26. The van der Waals surface area contributed by atoms with Gasteiger partial charge in [-0.05, 0) is 26.0 Å². The van der Waals surface area contributed by atoms with E-state index in [1.165, 1.54) is 0 Å². The molecular weight excluding hydrogens is 232 g/mol. The molecule has 0 bridgehead atoms. The summed E-state index contributed by atoms with van der Waals surface area (Å²) in [6.45, 7) is 5.96. The van der Waals surface area contributed by atoms with Gasteiger partial charge in [0.1, 0.15) is 6.61 Å². The minimum absolute atomic E-state index is 0.229. The van der Waals surface area contributed by atoms with Crippen LogP contribution in [0.2, 0.25) is 0 Å². The Hall–Kier alpha value is -1.46. The normalized spacial score (nSPS) is 18.3. The van der Waals surface area contributed by atoms with E-state index in [4.69, 9.17) is 9.84 Å². The third-order valence-corrected chi connectivity index (χ3v) is 2.99. The maximum absolute atomic E-state index is 10.4. The Balaban J connectivity index is 1.80. The summed E-state index contributed by atoms with van der Waals surface area (Å²) in [5.41, 5.74) is 1.72. The van der Waals surface area contributed by atoms with Gasteiger partial charge in [0.05, 0.1) is 11.3 Å². The van der Waals surface area contributed by atoms with Gasteiger partial charge in [0, 0.05) is 25.3 Å². The van der Waals surface area contributed by atoms with Gasteiger partial charge >= 0.3 is 5.97 Å². The summed E-state index contributed by atoms with van der Waals surface area (Å²) < 4.78 is 5.36. The Bertz CT molecular complexity index is 442. The third kappa shape index (κ3) is 3.27. The molecule has 0 aromatic carbocycles. The predicted molar refractivity (Wildman–Crippen MR) is 66.2 cm³/mol. The topological polar surface area (TPSA) is 62.7 Å². The first-order valence-corrected chi connectivity index (χ1v) is 5.97. The molecule has 18 heavy (non-hydrogen) atoms. The second kappa shape index (κ2) is 5.04. The summed E-state index contributed by atoms with van der Waals surface area (Å²) in [6.07, 6.45) is 0. The van der Waals surface area contributed by atoms with Crippen molar-refractivity contribution in [3.8, 4) is 0 Å². The molecule has 0 atom stereocenters. The zero-order valence-corrected chi connectivity index (χ0v) is 10.7. The number of pyridine rings is 1. The average molecular weight is 250 g/mol. The fourth-order valence-electron chi connectivity index (χ4n) is 2.26. The molecule has 0 saturated carbocycles. The Morgan fingerprint density at radius 2 is 2.28 bits per heavy atom. The average Bonchev–Trinajstić information content (AvgIpc) is 2.24. The first kappa shape index (κ1) is 13.0. The smallest absolute Gasteiger partial charge is 0.329 e. The highest BCUT2D eigenvalue weighted by Gasteiger charge is 2.40. The second-order valence-corrected chi connectivity index (χ2v) is 5.05. The molecule has 1 fully saturated rings. The maximum Gasteiger partial charge on any atom is 0.329 e. The van der Waals surface area contributed by atoms with Crippen LogP contribution >= 0.6 is 0 Å². The largest absolute Gasteiger partial charge is 0.480 e. The number of ether oxygens (including phenoxy) is 1. The van der Waals surface area contributed by atoms with Crippen LogP contribution in [-0.4, -0.2) is 46.3 Å². The van der Waals surface area contributed by atoms with Gasteiger partial charge in [0.2, 0.25) is 0 Å². The van der Waals surface area contributed by atoms with E-state index in [9.17, 15) is 4.79 Å². The van der Waals surface area contributed by atoms with Gasteiger partial charge in [0.15, 0.2) is 0 Å². The molecule has 0 radical (unpaired) electrons. The lowest BCUT2D eigenvalue weighted by Crippen LogP contribution is -2.61. The summed E-state index contributed by atoms with van der Waals surface area (Å²) in [7, 11) is 0. The standard InChI is InChI=1S/C13H18N2O3/c1-10-4-3-5-11(14-10)6-15-8-13(2,9-15)18-7-12(16)17/h3-5H,6-9H2,1-2H3,(H,16,17). The first-order chi connectivity index (χ1) is 8.47. The van der Waals surface area contributed by atoms with Crippen molar-refractivity contribution in [1.29, 1.82) is 0 Å². The van der Waals surface area contributed by atoms with E-state index < -0.39 is 5.97 Å². The lowest BCUT2D eigenvalue weighted by Gasteiger charge is -2.47. The Kier molecular flexibility index (Phi) is 3.63. The van der Waals surface area contributed by atoms with Crippen LogP contribution in [0.3, 0.4) is 0 Å². The van der Waals surface area contributed by atoms with E-state index >= 15 is 0 Å². The van der Waals surface area contributed by atoms with Gasteiger partial charge < -0.3 is 9.84 Å². The quantitative estimate of drug-likeness (QED) is 0.846. The summed E-state index contributed by atoms with van der Waals surface area (Å²) in [4.78, 5) is 17.1. The molecule has 2 heterocycles. The molecule has 1 N–H and O–H groups in total. The highest BCUT2D eigenvalue weighted by Crippen LogP contribution is 2.25. The SMILES string of the molecule is Cc1cccc(CN2CC(C)(OCC(=O)O)C2)n1. The zero-order chi connectivity index (χ0) is 13.2. The van der Waals surface area contributed by atoms with E-state index in [0.29, 0.717) is 0 Å². The number of nitrogens with zero attached hydrogens (tertiary/aromatic N) is 2. The number of aliphatic carboxylic acids is 1. The number of carboxylic acids is 1. The lowest BCUT2D eigenvalue weighted by molar-refractivity contribution is -0.165. The Morgan fingerprint density at radius 3 is 2.89 bits per heavy atom. The summed E-state index contributed by atoms with van der Waals surface area (Å²) in [5.74, 6) is -0.921. The van der Waals surface area contributed by atoms with Crippen molar-refractivity contribution in [2.75, 3.05) is 19.7 Å². The van der Waals surface area contributed by atoms with E-state index in [0.717, 1.165) is 31.0 Å². The van der Waals surface area contributed by atoms with E-state index in [-0.39, 0.29) is 12.2 Å². The van der Waals surface area contributed by atoms with E-state index in [2.05, 4.69) is 9.88 Å². The number of hydrogen-bond acceptors (Lipinski definition) is 4. The van der Waals surface area contributed by atoms with Gasteiger partial charge in [-0.1, -0.05) is 6.07 Å². The van der Waals surface area contributed by atoms with Gasteiger partial charge in [0.25, 0.3) is 0 Å². The fraction of sp³-hybridized carbons (Fsp3) is 0.538. The van der Waals surface area contributed by atoms with Gasteiger partial charge in [-0.25, -0.2) is 4.79 Å². The Labute approximate surface area is 106 Å². The minimum Gasteiger partial charge on any atom is -0.480 e. The van der Waals surface area contributed by atoms with Crippen LogP contribution in [-0.2, 0) is 16.1 Å². The summed E-state index contributed by atoms with van der Waals surface area (Å²) in [6, 6.07) is 5.97. The van der Waals surface area contributed by atoms with Crippen LogP contribution in [0, 0.1) is 6.92 Å². The third-order valence-electron chi connectivity index (χ3n) is 2.99. The molecule has 2 rings (SSSR count). The molecule has 5 heteroatoms. The Morgan fingerprint density at radius 1 is 1.56 bits per heavy atom. The van der Waals surface area contributed by atoms with E-state index in [1.54, 1.807) is 0 Å². The molecule has 1 aliphatic rings. The zero-order valence-electron chi connectivity index (χ0n) is 10.7. The van der Waals surface area contributed by atoms with Crippen molar-refractivity contribution in [1.82, 2.24) is 9.88 Å². The van der Waals surface area contributed by atoms with Gasteiger partial charge in [-0.2, -0.15) is 0 Å². The molecule has 1 aromatic rings. The highest BCUT2D eigenvalue weighted by molar-refractivity contribution is 5.68. The van der Waals surface area contributed by atoms with Crippen LogP contribution in [0.4, 0.5) is 0 Å². The van der Waals surface area contributed by atoms with Gasteiger partial charge in [-0.15, -0.1) is 0 Å². The number of likely N-dealkylation sites (tertiary alicyclic amines) is 1. The number of aryl methyl sites for hydroxylation is 1. The minimum atomic E-state index is -0.921. The highest BCUT2D eigenvalue weighted by atomic mass is 16.5. The molecule has 1 aliphatic heterocycles. The van der Waals surface area contributed by atoms with E-state index in [1.807, 2.05) is 32.0 Å². The van der Waals surface area contributed by atoms with Crippen LogP contribution in [0.25, 0.3) is 0 Å². The molecule has 0 amide bonds. The molecule has 5 nitrogen and oxygen atoms in total. The van der Waals surface area contributed by atoms with Crippen LogP contribution in [0.5, 0.6) is 0 Å². The second-order valence-electron chi connectivity index (χ2n) is 5.05. The molecular formula is C13H18N2O3. The maximum atomic E-state index is 10.4. The van der Waals surface area contributed by atoms with Crippen LogP contribution < -0.4 is 0 Å². The van der Waals surface area contributed by atoms with Crippen LogP contribution in [0.1, 0.15) is 18.3 Å². The first-order valence-electron chi connectivity index (χ1n) is 5.97. The molecule has 1 saturated heterocycles. The number of aromatic nitrogens is 1. The van der Waals surface area contributed by atoms with Crippen molar-refractivity contribution in [2.24, 2.45) is 0 Å². The lowest BCUT2D eigenvalue weighted by atomic mass is 9.96. The number of carboxylic acid groups (broad SMARTS) is 1. The molecule has 0 unspecified atom stereocenters. The van der Waals surface area contributed by atoms with Gasteiger partial charge in [-0.3, -0.25) is 9.88 Å². The molecule has 0 spiro atoms. The van der Waals surface area contributed by atoms with Crippen molar-refractivity contribution >= 4 is 5.97 Å². The monoisotopic (exact) mass is 250 g/mol. The molecule has 98 valence electrons. The van der Waals surface area contributed by atoms with Crippen molar-refractivity contribution < 1.29 is 14.6 Å². The summed E-state index contributed by atoms with van der Waals surface area (Å²) >= 11 is 0. The predicted octanol–water partition coefficient (Wildman–Crippen LogP) is 1.07. The number of carbonyl (C=O) groups is 1. The van der Waals surface area contributed by atoms with Crippen LogP contribution in [0.15, 0.2) is 18.2 Å². The number of rotatable bonds is 5. The molecule has 0 aliphatic carbocycles. The van der Waals surface area contributed by atoms with Crippen molar-refractivity contribution in [3.05, 3.63) is 29.6 Å².